The fourth-order valence-corrected chi connectivity index (χ4v) is 2.11. The molecule has 0 aliphatic rings. The molecular weight excluding hydrogens is 252 g/mol. The number of hydrogen-bond donors (Lipinski definition) is 2. The summed E-state index contributed by atoms with van der Waals surface area (Å²) in [5.41, 5.74) is 8.02. The van der Waals surface area contributed by atoms with Crippen LogP contribution >= 0.6 is 0 Å². The normalized spacial score (nSPS) is 10.7. The molecule has 1 aromatic heterocycles. The van der Waals surface area contributed by atoms with Gasteiger partial charge in [0.1, 0.15) is 0 Å². The number of carbonyl (C=O) groups excluding carboxylic acids is 1. The topological polar surface area (TPSA) is 72.9 Å². The van der Waals surface area contributed by atoms with Crippen LogP contribution in [0.5, 0.6) is 0 Å². The van der Waals surface area contributed by atoms with Crippen LogP contribution in [0.1, 0.15) is 35.0 Å². The Morgan fingerprint density at radius 3 is 3.00 bits per heavy atom. The standard InChI is InChI=1S/C15H20N4O/c1-2-6-19-11-18-10-14(19)9-17-8-12-4-3-5-13(7-12)15(16)20/h3-5,7,10-11,17H,2,6,8-9H2,1H3,(H2,16,20). The first kappa shape index (κ1) is 14.3. The zero-order chi connectivity index (χ0) is 14.4. The van der Waals surface area contributed by atoms with Crippen molar-refractivity contribution in [1.29, 1.82) is 0 Å². The number of benzene rings is 1. The molecule has 0 fully saturated rings. The van der Waals surface area contributed by atoms with Crippen LogP contribution in [0.4, 0.5) is 0 Å². The van der Waals surface area contributed by atoms with Crippen LogP contribution in [0.2, 0.25) is 0 Å². The van der Waals surface area contributed by atoms with E-state index >= 15 is 0 Å². The molecular formula is C15H20N4O. The Kier molecular flexibility index (Phi) is 4.90. The molecule has 3 N–H and O–H groups in total. The lowest BCUT2D eigenvalue weighted by Gasteiger charge is -2.08. The summed E-state index contributed by atoms with van der Waals surface area (Å²) in [6.07, 6.45) is 4.82. The van der Waals surface area contributed by atoms with E-state index in [4.69, 9.17) is 5.73 Å². The Hall–Kier alpha value is -2.14. The second kappa shape index (κ2) is 6.86. The third-order valence-corrected chi connectivity index (χ3v) is 3.11. The van der Waals surface area contributed by atoms with E-state index in [1.54, 1.807) is 6.07 Å². The number of hydrogen-bond acceptors (Lipinski definition) is 3. The molecule has 0 spiro atoms. The minimum atomic E-state index is -0.395. The van der Waals surface area contributed by atoms with E-state index in [1.165, 1.54) is 0 Å². The summed E-state index contributed by atoms with van der Waals surface area (Å²) in [4.78, 5) is 15.3. The average Bonchev–Trinajstić information content (AvgIpc) is 2.87. The molecule has 0 aliphatic carbocycles. The highest BCUT2D eigenvalue weighted by atomic mass is 16.1. The fraction of sp³-hybridized carbons (Fsp3) is 0.333. The Morgan fingerprint density at radius 2 is 2.25 bits per heavy atom. The summed E-state index contributed by atoms with van der Waals surface area (Å²) < 4.78 is 2.15. The maximum absolute atomic E-state index is 11.1. The molecule has 0 saturated heterocycles. The van der Waals surface area contributed by atoms with Crippen molar-refractivity contribution in [1.82, 2.24) is 14.9 Å². The minimum absolute atomic E-state index is 0.395. The molecule has 0 saturated carbocycles. The van der Waals surface area contributed by atoms with Gasteiger partial charge in [-0.2, -0.15) is 0 Å². The third-order valence-electron chi connectivity index (χ3n) is 3.11. The first-order valence-electron chi connectivity index (χ1n) is 6.79. The lowest BCUT2D eigenvalue weighted by Crippen LogP contribution is -2.16. The number of nitrogens with two attached hydrogens (primary N) is 1. The SMILES string of the molecule is CCCn1cncc1CNCc1cccc(C(N)=O)c1. The number of amides is 1. The van der Waals surface area contributed by atoms with Crippen LogP contribution in [0.15, 0.2) is 36.8 Å². The smallest absolute Gasteiger partial charge is 0.248 e. The number of aromatic nitrogens is 2. The number of nitrogens with one attached hydrogen (secondary N) is 1. The van der Waals surface area contributed by atoms with Gasteiger partial charge in [0.25, 0.3) is 0 Å². The average molecular weight is 272 g/mol. The van der Waals surface area contributed by atoms with Crippen molar-refractivity contribution < 1.29 is 4.79 Å². The summed E-state index contributed by atoms with van der Waals surface area (Å²) in [6.45, 7) is 4.57. The number of carbonyl (C=O) groups is 1. The Bertz CT molecular complexity index is 577. The first-order valence-corrected chi connectivity index (χ1v) is 6.79. The van der Waals surface area contributed by atoms with E-state index in [0.29, 0.717) is 12.1 Å². The van der Waals surface area contributed by atoms with E-state index < -0.39 is 5.91 Å². The second-order valence-electron chi connectivity index (χ2n) is 4.75. The first-order chi connectivity index (χ1) is 9.70. The van der Waals surface area contributed by atoms with Crippen molar-refractivity contribution in [2.45, 2.75) is 33.0 Å². The number of rotatable bonds is 7. The zero-order valence-electron chi connectivity index (χ0n) is 11.7. The highest BCUT2D eigenvalue weighted by Crippen LogP contribution is 2.06. The van der Waals surface area contributed by atoms with Gasteiger partial charge in [0.05, 0.1) is 12.0 Å². The molecule has 0 unspecified atom stereocenters. The van der Waals surface area contributed by atoms with Gasteiger partial charge in [-0.05, 0) is 24.1 Å². The van der Waals surface area contributed by atoms with Crippen molar-refractivity contribution in [3.8, 4) is 0 Å². The maximum Gasteiger partial charge on any atom is 0.248 e. The largest absolute Gasteiger partial charge is 0.366 e. The quantitative estimate of drug-likeness (QED) is 0.805. The Balaban J connectivity index is 1.91. The zero-order valence-corrected chi connectivity index (χ0v) is 11.7. The van der Waals surface area contributed by atoms with Gasteiger partial charge in [0.15, 0.2) is 0 Å². The van der Waals surface area contributed by atoms with Gasteiger partial charge in [-0.1, -0.05) is 19.1 Å². The van der Waals surface area contributed by atoms with E-state index in [9.17, 15) is 4.79 Å². The fourth-order valence-electron chi connectivity index (χ4n) is 2.11. The van der Waals surface area contributed by atoms with Gasteiger partial charge in [-0.3, -0.25) is 4.79 Å². The number of nitrogens with zero attached hydrogens (tertiary/aromatic N) is 2. The van der Waals surface area contributed by atoms with Crippen molar-refractivity contribution in [2.75, 3.05) is 0 Å². The number of primary amides is 1. The number of aryl methyl sites for hydroxylation is 1. The van der Waals surface area contributed by atoms with Crippen LogP contribution in [0.25, 0.3) is 0 Å². The summed E-state index contributed by atoms with van der Waals surface area (Å²) in [5.74, 6) is -0.395. The van der Waals surface area contributed by atoms with Crippen LogP contribution in [-0.4, -0.2) is 15.5 Å². The van der Waals surface area contributed by atoms with Gasteiger partial charge in [0, 0.05) is 31.4 Å². The number of imidazole rings is 1. The Morgan fingerprint density at radius 1 is 1.40 bits per heavy atom. The molecule has 0 atom stereocenters. The summed E-state index contributed by atoms with van der Waals surface area (Å²) in [5, 5.41) is 3.36. The van der Waals surface area contributed by atoms with E-state index in [1.807, 2.05) is 30.7 Å². The summed E-state index contributed by atoms with van der Waals surface area (Å²) in [6, 6.07) is 7.36. The van der Waals surface area contributed by atoms with Crippen molar-refractivity contribution >= 4 is 5.91 Å². The van der Waals surface area contributed by atoms with Gasteiger partial charge >= 0.3 is 0 Å². The van der Waals surface area contributed by atoms with Crippen LogP contribution in [0, 0.1) is 0 Å². The molecule has 1 amide bonds. The predicted octanol–water partition coefficient (Wildman–Crippen LogP) is 1.68. The van der Waals surface area contributed by atoms with Gasteiger partial charge in [-0.25, -0.2) is 4.98 Å². The third kappa shape index (κ3) is 3.68. The van der Waals surface area contributed by atoms with E-state index in [2.05, 4.69) is 21.8 Å². The van der Waals surface area contributed by atoms with Gasteiger partial charge in [0.2, 0.25) is 5.91 Å². The Labute approximate surface area is 118 Å². The summed E-state index contributed by atoms with van der Waals surface area (Å²) in [7, 11) is 0. The van der Waals surface area contributed by atoms with Crippen LogP contribution in [-0.2, 0) is 19.6 Å². The van der Waals surface area contributed by atoms with Crippen molar-refractivity contribution in [3.05, 3.63) is 53.6 Å². The van der Waals surface area contributed by atoms with Gasteiger partial charge < -0.3 is 15.6 Å². The molecule has 0 aliphatic heterocycles. The molecule has 2 aromatic rings. The molecule has 2 rings (SSSR count). The molecule has 5 heteroatoms. The molecule has 0 bridgehead atoms. The molecule has 1 aromatic carbocycles. The van der Waals surface area contributed by atoms with Gasteiger partial charge in [-0.15, -0.1) is 0 Å². The molecule has 1 heterocycles. The van der Waals surface area contributed by atoms with E-state index in [0.717, 1.165) is 30.8 Å². The molecule has 0 radical (unpaired) electrons. The van der Waals surface area contributed by atoms with E-state index in [-0.39, 0.29) is 0 Å². The molecule has 20 heavy (non-hydrogen) atoms. The molecule has 106 valence electrons. The lowest BCUT2D eigenvalue weighted by molar-refractivity contribution is 0.1000. The minimum Gasteiger partial charge on any atom is -0.366 e. The van der Waals surface area contributed by atoms with Crippen molar-refractivity contribution in [3.63, 3.8) is 0 Å². The highest BCUT2D eigenvalue weighted by Gasteiger charge is 2.03. The predicted molar refractivity (Wildman–Crippen MR) is 78.0 cm³/mol. The second-order valence-corrected chi connectivity index (χ2v) is 4.75. The van der Waals surface area contributed by atoms with Crippen LogP contribution < -0.4 is 11.1 Å². The molecule has 5 nitrogen and oxygen atoms in total. The van der Waals surface area contributed by atoms with Crippen LogP contribution in [0.3, 0.4) is 0 Å². The summed E-state index contributed by atoms with van der Waals surface area (Å²) >= 11 is 0. The highest BCUT2D eigenvalue weighted by molar-refractivity contribution is 5.92. The monoisotopic (exact) mass is 272 g/mol. The maximum atomic E-state index is 11.1. The van der Waals surface area contributed by atoms with Crippen molar-refractivity contribution in [2.24, 2.45) is 5.73 Å². The lowest BCUT2D eigenvalue weighted by atomic mass is 10.1.